The smallest absolute Gasteiger partial charge is 0.270 e. The minimum atomic E-state index is -0.258. The molecule has 4 nitrogen and oxygen atoms in total. The van der Waals surface area contributed by atoms with E-state index in [1.165, 1.54) is 0 Å². The van der Waals surface area contributed by atoms with Crippen LogP contribution < -0.4 is 10.6 Å². The van der Waals surface area contributed by atoms with Crippen LogP contribution in [0.1, 0.15) is 52.0 Å². The monoisotopic (exact) mass is 249 g/mol. The van der Waals surface area contributed by atoms with Crippen molar-refractivity contribution in [2.24, 2.45) is 0 Å². The second-order valence-corrected chi connectivity index (χ2v) is 6.51. The lowest BCUT2D eigenvalue weighted by Gasteiger charge is -2.23. The van der Waals surface area contributed by atoms with Gasteiger partial charge in [-0.05, 0) is 53.7 Å². The van der Waals surface area contributed by atoms with Crippen molar-refractivity contribution in [1.29, 1.82) is 0 Å². The number of pyridine rings is 1. The highest BCUT2D eigenvalue weighted by Gasteiger charge is 2.17. The van der Waals surface area contributed by atoms with Crippen LogP contribution in [-0.4, -0.2) is 22.0 Å². The van der Waals surface area contributed by atoms with Crippen LogP contribution in [0.5, 0.6) is 0 Å². The molecule has 1 rings (SSSR count). The van der Waals surface area contributed by atoms with Gasteiger partial charge in [-0.25, -0.2) is 0 Å². The zero-order valence-corrected chi connectivity index (χ0v) is 12.1. The van der Waals surface area contributed by atoms with Crippen molar-refractivity contribution in [3.63, 3.8) is 0 Å². The van der Waals surface area contributed by atoms with E-state index in [0.717, 1.165) is 5.69 Å². The van der Waals surface area contributed by atoms with Crippen LogP contribution in [0.15, 0.2) is 18.3 Å². The molecule has 1 aromatic rings. The fraction of sp³-hybridized carbons (Fsp3) is 0.571. The quantitative estimate of drug-likeness (QED) is 0.847. The molecule has 2 N–H and O–H groups in total. The molecule has 1 aromatic heterocycles. The van der Waals surface area contributed by atoms with E-state index < -0.39 is 0 Å². The van der Waals surface area contributed by atoms with Gasteiger partial charge in [0.1, 0.15) is 5.69 Å². The number of carbonyl (C=O) groups is 1. The molecule has 4 heteroatoms. The molecule has 0 aliphatic rings. The molecule has 0 spiro atoms. The molecule has 0 atom stereocenters. The highest BCUT2D eigenvalue weighted by atomic mass is 16.2. The van der Waals surface area contributed by atoms with Gasteiger partial charge in [0.05, 0.1) is 0 Å². The van der Waals surface area contributed by atoms with Crippen molar-refractivity contribution < 1.29 is 4.79 Å². The van der Waals surface area contributed by atoms with Gasteiger partial charge in [0.25, 0.3) is 5.91 Å². The molecule has 0 aliphatic heterocycles. The molecule has 0 saturated heterocycles. The maximum Gasteiger partial charge on any atom is 0.270 e. The Balaban J connectivity index is 2.85. The third-order valence-corrected chi connectivity index (χ3v) is 2.00. The SMILES string of the molecule is CC(C)(C)NC(=O)c1cc(NC(C)(C)C)ccn1. The highest BCUT2D eigenvalue weighted by Crippen LogP contribution is 2.15. The van der Waals surface area contributed by atoms with E-state index in [2.05, 4.69) is 36.4 Å². The molecular weight excluding hydrogens is 226 g/mol. The van der Waals surface area contributed by atoms with Gasteiger partial charge >= 0.3 is 0 Å². The van der Waals surface area contributed by atoms with E-state index in [1.54, 1.807) is 12.3 Å². The van der Waals surface area contributed by atoms with Gasteiger partial charge in [0.2, 0.25) is 0 Å². The van der Waals surface area contributed by atoms with Gasteiger partial charge in [-0.2, -0.15) is 0 Å². The second-order valence-electron chi connectivity index (χ2n) is 6.51. The average molecular weight is 249 g/mol. The van der Waals surface area contributed by atoms with E-state index in [-0.39, 0.29) is 17.0 Å². The molecule has 0 aliphatic carbocycles. The Morgan fingerprint density at radius 2 is 1.72 bits per heavy atom. The fourth-order valence-electron chi connectivity index (χ4n) is 1.47. The summed E-state index contributed by atoms with van der Waals surface area (Å²) in [4.78, 5) is 16.1. The van der Waals surface area contributed by atoms with Crippen molar-refractivity contribution in [2.75, 3.05) is 5.32 Å². The third kappa shape index (κ3) is 5.17. The van der Waals surface area contributed by atoms with Crippen LogP contribution in [0.25, 0.3) is 0 Å². The van der Waals surface area contributed by atoms with Gasteiger partial charge in [0, 0.05) is 23.0 Å². The topological polar surface area (TPSA) is 54.0 Å². The number of amides is 1. The average Bonchev–Trinajstić information content (AvgIpc) is 2.12. The lowest BCUT2D eigenvalue weighted by molar-refractivity contribution is 0.0914. The standard InChI is InChI=1S/C14H23N3O/c1-13(2,3)16-10-7-8-15-11(9-10)12(18)17-14(4,5)6/h7-9H,1-6H3,(H,15,16)(H,17,18). The molecule has 1 heterocycles. The Kier molecular flexibility index (Phi) is 3.99. The number of nitrogens with one attached hydrogen (secondary N) is 2. The Hall–Kier alpha value is -1.58. The maximum atomic E-state index is 12.0. The van der Waals surface area contributed by atoms with E-state index in [9.17, 15) is 4.79 Å². The summed E-state index contributed by atoms with van der Waals surface area (Å²) in [6.07, 6.45) is 1.64. The van der Waals surface area contributed by atoms with E-state index in [4.69, 9.17) is 0 Å². The van der Waals surface area contributed by atoms with Gasteiger partial charge in [-0.3, -0.25) is 9.78 Å². The molecule has 0 saturated carbocycles. The van der Waals surface area contributed by atoms with E-state index in [0.29, 0.717) is 5.69 Å². The van der Waals surface area contributed by atoms with Crippen LogP contribution in [-0.2, 0) is 0 Å². The fourth-order valence-corrected chi connectivity index (χ4v) is 1.47. The lowest BCUT2D eigenvalue weighted by Crippen LogP contribution is -2.41. The van der Waals surface area contributed by atoms with Gasteiger partial charge in [-0.15, -0.1) is 0 Å². The van der Waals surface area contributed by atoms with Gasteiger partial charge in [0.15, 0.2) is 0 Å². The zero-order chi connectivity index (χ0) is 14.0. The number of anilines is 1. The molecule has 0 radical (unpaired) electrons. The first kappa shape index (κ1) is 14.5. The van der Waals surface area contributed by atoms with Crippen LogP contribution in [0, 0.1) is 0 Å². The summed E-state index contributed by atoms with van der Waals surface area (Å²) >= 11 is 0. The molecule has 18 heavy (non-hydrogen) atoms. The summed E-state index contributed by atoms with van der Waals surface area (Å²) in [6.45, 7) is 12.1. The Morgan fingerprint density at radius 3 is 2.22 bits per heavy atom. The largest absolute Gasteiger partial charge is 0.380 e. The van der Waals surface area contributed by atoms with Crippen LogP contribution in [0.3, 0.4) is 0 Å². The summed E-state index contributed by atoms with van der Waals surface area (Å²) in [5.74, 6) is -0.153. The summed E-state index contributed by atoms with van der Waals surface area (Å²) in [5.41, 5.74) is 1.03. The van der Waals surface area contributed by atoms with Gasteiger partial charge < -0.3 is 10.6 Å². The Labute approximate surface area is 109 Å². The number of aromatic nitrogens is 1. The molecule has 0 fully saturated rings. The predicted octanol–water partition coefficient (Wildman–Crippen LogP) is 2.82. The van der Waals surface area contributed by atoms with Crippen LogP contribution >= 0.6 is 0 Å². The maximum absolute atomic E-state index is 12.0. The number of nitrogens with zero attached hydrogens (tertiary/aromatic N) is 1. The number of hydrogen-bond donors (Lipinski definition) is 2. The first-order valence-electron chi connectivity index (χ1n) is 6.14. The molecular formula is C14H23N3O. The first-order chi connectivity index (χ1) is 8.07. The zero-order valence-electron chi connectivity index (χ0n) is 12.1. The van der Waals surface area contributed by atoms with Crippen LogP contribution in [0.4, 0.5) is 5.69 Å². The van der Waals surface area contributed by atoms with Crippen molar-refractivity contribution in [3.8, 4) is 0 Å². The first-order valence-corrected chi connectivity index (χ1v) is 6.14. The minimum Gasteiger partial charge on any atom is -0.380 e. The van der Waals surface area contributed by atoms with E-state index >= 15 is 0 Å². The molecule has 1 amide bonds. The summed E-state index contributed by atoms with van der Waals surface area (Å²) < 4.78 is 0. The molecule has 0 aromatic carbocycles. The predicted molar refractivity (Wildman–Crippen MR) is 74.8 cm³/mol. The molecule has 0 bridgehead atoms. The van der Waals surface area contributed by atoms with Crippen molar-refractivity contribution in [2.45, 2.75) is 52.6 Å². The van der Waals surface area contributed by atoms with Crippen molar-refractivity contribution >= 4 is 11.6 Å². The number of hydrogen-bond acceptors (Lipinski definition) is 3. The molecule has 100 valence electrons. The van der Waals surface area contributed by atoms with Crippen molar-refractivity contribution in [1.82, 2.24) is 10.3 Å². The highest BCUT2D eigenvalue weighted by molar-refractivity contribution is 5.93. The lowest BCUT2D eigenvalue weighted by atomic mass is 10.1. The second kappa shape index (κ2) is 4.96. The summed E-state index contributed by atoms with van der Waals surface area (Å²) in [5, 5.41) is 6.22. The normalized spacial score (nSPS) is 12.1. The third-order valence-electron chi connectivity index (χ3n) is 2.00. The van der Waals surface area contributed by atoms with Gasteiger partial charge in [-0.1, -0.05) is 0 Å². The summed E-state index contributed by atoms with van der Waals surface area (Å²) in [7, 11) is 0. The number of carbonyl (C=O) groups excluding carboxylic acids is 1. The van der Waals surface area contributed by atoms with Crippen LogP contribution in [0.2, 0.25) is 0 Å². The number of rotatable bonds is 2. The minimum absolute atomic E-state index is 0.0425. The van der Waals surface area contributed by atoms with E-state index in [1.807, 2.05) is 26.8 Å². The molecule has 0 unspecified atom stereocenters. The Morgan fingerprint density at radius 1 is 1.11 bits per heavy atom. The Bertz CT molecular complexity index is 427. The van der Waals surface area contributed by atoms with Crippen molar-refractivity contribution in [3.05, 3.63) is 24.0 Å². The summed E-state index contributed by atoms with van der Waals surface area (Å²) in [6, 6.07) is 3.63.